The van der Waals surface area contributed by atoms with Crippen molar-refractivity contribution in [1.29, 1.82) is 0 Å². The van der Waals surface area contributed by atoms with Gasteiger partial charge in [-0.1, -0.05) is 12.8 Å². The maximum absolute atomic E-state index is 10.9. The van der Waals surface area contributed by atoms with E-state index >= 15 is 0 Å². The molecule has 0 radical (unpaired) electrons. The van der Waals surface area contributed by atoms with Crippen LogP contribution in [-0.2, 0) is 9.53 Å². The Morgan fingerprint density at radius 3 is 2.71 bits per heavy atom. The van der Waals surface area contributed by atoms with Crippen LogP contribution in [0.5, 0.6) is 0 Å². The minimum Gasteiger partial charge on any atom is -0.466 e. The summed E-state index contributed by atoms with van der Waals surface area (Å²) < 4.78 is 4.79. The van der Waals surface area contributed by atoms with E-state index in [9.17, 15) is 4.79 Å². The Labute approximate surface area is 85.4 Å². The van der Waals surface area contributed by atoms with E-state index in [1.807, 2.05) is 0 Å². The van der Waals surface area contributed by atoms with Crippen LogP contribution in [-0.4, -0.2) is 30.3 Å². The van der Waals surface area contributed by atoms with Gasteiger partial charge in [-0.05, 0) is 19.8 Å². The van der Waals surface area contributed by atoms with Crippen LogP contribution in [0.15, 0.2) is 0 Å². The molecule has 14 heavy (non-hydrogen) atoms. The van der Waals surface area contributed by atoms with E-state index in [1.54, 1.807) is 6.92 Å². The number of hydrogen-bond acceptors (Lipinski definition) is 4. The summed E-state index contributed by atoms with van der Waals surface area (Å²) in [6.07, 6.45) is 4.08. The highest BCUT2D eigenvalue weighted by atomic mass is 16.5. The van der Waals surface area contributed by atoms with Crippen LogP contribution in [0, 0.1) is 0 Å². The third kappa shape index (κ3) is 8.01. The normalized spacial score (nSPS) is 12.5. The predicted molar refractivity (Wildman–Crippen MR) is 54.8 cm³/mol. The van der Waals surface area contributed by atoms with Gasteiger partial charge in [0.25, 0.3) is 0 Å². The molecule has 4 heteroatoms. The van der Waals surface area contributed by atoms with Crippen molar-refractivity contribution < 1.29 is 14.6 Å². The van der Waals surface area contributed by atoms with Gasteiger partial charge < -0.3 is 15.6 Å². The minimum atomic E-state index is -0.126. The van der Waals surface area contributed by atoms with Gasteiger partial charge in [0.15, 0.2) is 0 Å². The van der Waals surface area contributed by atoms with Crippen LogP contribution >= 0.6 is 0 Å². The minimum absolute atomic E-state index is 0.0396. The predicted octanol–water partition coefficient (Wildman–Crippen LogP) is 0.820. The Morgan fingerprint density at radius 2 is 2.14 bits per heavy atom. The molecule has 1 unspecified atom stereocenters. The highest BCUT2D eigenvalue weighted by molar-refractivity contribution is 5.69. The molecule has 0 saturated carbocycles. The molecular formula is C10H21NO3. The maximum atomic E-state index is 10.9. The molecule has 0 rings (SSSR count). The molecule has 0 spiro atoms. The molecule has 1 atom stereocenters. The number of aliphatic hydroxyl groups is 1. The van der Waals surface area contributed by atoms with Gasteiger partial charge in [0.1, 0.15) is 0 Å². The average molecular weight is 203 g/mol. The lowest BCUT2D eigenvalue weighted by atomic mass is 10.1. The topological polar surface area (TPSA) is 72.5 Å². The van der Waals surface area contributed by atoms with Crippen molar-refractivity contribution in [3.63, 3.8) is 0 Å². The van der Waals surface area contributed by atoms with Crippen molar-refractivity contribution >= 4 is 5.97 Å². The lowest BCUT2D eigenvalue weighted by Gasteiger charge is -2.06. The summed E-state index contributed by atoms with van der Waals surface area (Å²) in [5, 5.41) is 8.65. The second kappa shape index (κ2) is 8.97. The van der Waals surface area contributed by atoms with E-state index in [0.29, 0.717) is 13.0 Å². The number of nitrogens with two attached hydrogens (primary N) is 1. The zero-order chi connectivity index (χ0) is 10.8. The van der Waals surface area contributed by atoms with Crippen LogP contribution in [0.3, 0.4) is 0 Å². The van der Waals surface area contributed by atoms with E-state index in [1.165, 1.54) is 0 Å². The van der Waals surface area contributed by atoms with Crippen molar-refractivity contribution in [3.05, 3.63) is 0 Å². The van der Waals surface area contributed by atoms with Gasteiger partial charge in [-0.15, -0.1) is 0 Å². The zero-order valence-corrected chi connectivity index (χ0v) is 8.87. The van der Waals surface area contributed by atoms with Gasteiger partial charge in [0, 0.05) is 12.5 Å². The van der Waals surface area contributed by atoms with E-state index in [4.69, 9.17) is 15.6 Å². The largest absolute Gasteiger partial charge is 0.466 e. The maximum Gasteiger partial charge on any atom is 0.305 e. The molecular weight excluding hydrogens is 182 g/mol. The first kappa shape index (κ1) is 13.4. The summed E-state index contributed by atoms with van der Waals surface area (Å²) in [6.45, 7) is 2.30. The average Bonchev–Trinajstić information content (AvgIpc) is 2.17. The van der Waals surface area contributed by atoms with Crippen LogP contribution in [0.2, 0.25) is 0 Å². The molecule has 0 aliphatic heterocycles. The van der Waals surface area contributed by atoms with Gasteiger partial charge >= 0.3 is 5.97 Å². The first-order valence-corrected chi connectivity index (χ1v) is 5.22. The fraction of sp³-hybridized carbons (Fsp3) is 0.900. The number of hydrogen-bond donors (Lipinski definition) is 2. The monoisotopic (exact) mass is 203 g/mol. The van der Waals surface area contributed by atoms with Crippen LogP contribution in [0.1, 0.15) is 39.0 Å². The van der Waals surface area contributed by atoms with E-state index in [0.717, 1.165) is 25.7 Å². The van der Waals surface area contributed by atoms with Crippen LogP contribution in [0.25, 0.3) is 0 Å². The van der Waals surface area contributed by atoms with E-state index < -0.39 is 0 Å². The molecule has 0 heterocycles. The second-order valence-electron chi connectivity index (χ2n) is 3.35. The summed E-state index contributed by atoms with van der Waals surface area (Å²) in [4.78, 5) is 10.9. The van der Waals surface area contributed by atoms with E-state index in [2.05, 4.69) is 0 Å². The molecule has 0 fully saturated rings. The number of carbonyl (C=O) groups is 1. The van der Waals surface area contributed by atoms with Crippen molar-refractivity contribution in [3.8, 4) is 0 Å². The summed E-state index contributed by atoms with van der Waals surface area (Å²) >= 11 is 0. The summed E-state index contributed by atoms with van der Waals surface area (Å²) in [7, 11) is 0. The van der Waals surface area contributed by atoms with Crippen LogP contribution < -0.4 is 5.73 Å². The number of unbranched alkanes of at least 4 members (excludes halogenated alkanes) is 2. The summed E-state index contributed by atoms with van der Waals surface area (Å²) in [5.74, 6) is -0.126. The number of ether oxygens (including phenoxy) is 1. The quantitative estimate of drug-likeness (QED) is 0.452. The number of aliphatic hydroxyl groups excluding tert-OH is 1. The Hall–Kier alpha value is -0.610. The van der Waals surface area contributed by atoms with Crippen molar-refractivity contribution in [2.75, 3.05) is 13.2 Å². The first-order chi connectivity index (χ1) is 6.70. The molecule has 84 valence electrons. The first-order valence-electron chi connectivity index (χ1n) is 5.22. The molecule has 0 saturated heterocycles. The standard InChI is InChI=1S/C10H21NO3/c1-2-14-10(13)7-5-3-4-6-9(11)8-12/h9,12H,2-8,11H2,1H3. The summed E-state index contributed by atoms with van der Waals surface area (Å²) in [5.41, 5.74) is 5.52. The fourth-order valence-corrected chi connectivity index (χ4v) is 1.18. The molecule has 0 amide bonds. The van der Waals surface area contributed by atoms with Gasteiger partial charge in [-0.2, -0.15) is 0 Å². The number of esters is 1. The smallest absolute Gasteiger partial charge is 0.305 e. The van der Waals surface area contributed by atoms with Crippen LogP contribution in [0.4, 0.5) is 0 Å². The fourth-order valence-electron chi connectivity index (χ4n) is 1.18. The lowest BCUT2D eigenvalue weighted by Crippen LogP contribution is -2.23. The zero-order valence-electron chi connectivity index (χ0n) is 8.87. The van der Waals surface area contributed by atoms with Crippen molar-refractivity contribution in [2.45, 2.75) is 45.1 Å². The highest BCUT2D eigenvalue weighted by Gasteiger charge is 2.02. The lowest BCUT2D eigenvalue weighted by molar-refractivity contribution is -0.143. The Kier molecular flexibility index (Phi) is 8.57. The van der Waals surface area contributed by atoms with Gasteiger partial charge in [0.2, 0.25) is 0 Å². The summed E-state index contributed by atoms with van der Waals surface area (Å²) in [6, 6.07) is -0.113. The second-order valence-corrected chi connectivity index (χ2v) is 3.35. The third-order valence-corrected chi connectivity index (χ3v) is 2.00. The molecule has 3 N–H and O–H groups in total. The Balaban J connectivity index is 3.17. The van der Waals surface area contributed by atoms with Gasteiger partial charge in [0.05, 0.1) is 13.2 Å². The molecule has 0 aliphatic carbocycles. The van der Waals surface area contributed by atoms with Gasteiger partial charge in [-0.25, -0.2) is 0 Å². The van der Waals surface area contributed by atoms with E-state index in [-0.39, 0.29) is 18.6 Å². The molecule has 0 aromatic carbocycles. The third-order valence-electron chi connectivity index (χ3n) is 2.00. The van der Waals surface area contributed by atoms with Gasteiger partial charge in [-0.3, -0.25) is 4.79 Å². The Bertz CT molecular complexity index is 150. The van der Waals surface area contributed by atoms with Crippen molar-refractivity contribution in [1.82, 2.24) is 0 Å². The van der Waals surface area contributed by atoms with Crippen molar-refractivity contribution in [2.24, 2.45) is 5.73 Å². The highest BCUT2D eigenvalue weighted by Crippen LogP contribution is 2.05. The molecule has 0 aliphatic rings. The molecule has 0 aromatic heterocycles. The number of carbonyl (C=O) groups excluding carboxylic acids is 1. The number of rotatable bonds is 8. The molecule has 4 nitrogen and oxygen atoms in total. The Morgan fingerprint density at radius 1 is 1.43 bits per heavy atom. The SMILES string of the molecule is CCOC(=O)CCCCCC(N)CO. The molecule has 0 bridgehead atoms. The molecule has 0 aromatic rings.